The van der Waals surface area contributed by atoms with Gasteiger partial charge in [-0.1, -0.05) is 0 Å². The molecule has 0 saturated carbocycles. The van der Waals surface area contributed by atoms with E-state index in [4.69, 9.17) is 10.6 Å². The molecule has 0 saturated heterocycles. The number of amides is 1. The molecule has 0 unspecified atom stereocenters. The lowest BCUT2D eigenvalue weighted by Crippen LogP contribution is -2.29. The average Bonchev–Trinajstić information content (AvgIpc) is 2.38. The van der Waals surface area contributed by atoms with E-state index in [1.165, 1.54) is 4.90 Å². The number of carbonyl (C=O) groups is 1. The highest BCUT2D eigenvalue weighted by Crippen LogP contribution is 2.22. The van der Waals surface area contributed by atoms with Crippen molar-refractivity contribution < 1.29 is 9.53 Å². The third-order valence-corrected chi connectivity index (χ3v) is 3.39. The third-order valence-electron chi connectivity index (χ3n) is 2.29. The van der Waals surface area contributed by atoms with Crippen molar-refractivity contribution >= 4 is 17.7 Å². The second-order valence-electron chi connectivity index (χ2n) is 3.55. The van der Waals surface area contributed by atoms with Crippen LogP contribution in [0, 0.1) is 0 Å². The zero-order chi connectivity index (χ0) is 12.5. The van der Waals surface area contributed by atoms with Gasteiger partial charge in [0.05, 0.1) is 7.11 Å². The van der Waals surface area contributed by atoms with Gasteiger partial charge in [0.2, 0.25) is 5.91 Å². The SMILES string of the molecule is COc1ccc(SCCCCC(=O)NN)cc1. The average molecular weight is 254 g/mol. The minimum absolute atomic E-state index is 0.0977. The highest BCUT2D eigenvalue weighted by atomic mass is 32.2. The zero-order valence-corrected chi connectivity index (χ0v) is 10.8. The molecule has 0 aliphatic heterocycles. The van der Waals surface area contributed by atoms with Crippen molar-refractivity contribution in [2.75, 3.05) is 12.9 Å². The summed E-state index contributed by atoms with van der Waals surface area (Å²) in [7, 11) is 1.66. The molecule has 0 bridgehead atoms. The second-order valence-corrected chi connectivity index (χ2v) is 4.72. The van der Waals surface area contributed by atoms with E-state index in [-0.39, 0.29) is 5.91 Å². The highest BCUT2D eigenvalue weighted by molar-refractivity contribution is 7.99. The predicted octanol–water partition coefficient (Wildman–Crippen LogP) is 1.95. The Balaban J connectivity index is 2.15. The summed E-state index contributed by atoms with van der Waals surface area (Å²) in [6.45, 7) is 0. The van der Waals surface area contributed by atoms with Crippen LogP contribution in [0.1, 0.15) is 19.3 Å². The van der Waals surface area contributed by atoms with Gasteiger partial charge in [-0.25, -0.2) is 5.84 Å². The summed E-state index contributed by atoms with van der Waals surface area (Å²) >= 11 is 1.78. The quantitative estimate of drug-likeness (QED) is 0.257. The van der Waals surface area contributed by atoms with Crippen molar-refractivity contribution in [1.82, 2.24) is 5.43 Å². The number of nitrogens with one attached hydrogen (secondary N) is 1. The number of hydrogen-bond acceptors (Lipinski definition) is 4. The van der Waals surface area contributed by atoms with Gasteiger partial charge in [-0.2, -0.15) is 0 Å². The molecule has 0 aromatic heterocycles. The van der Waals surface area contributed by atoms with Gasteiger partial charge in [-0.05, 0) is 42.9 Å². The molecule has 0 fully saturated rings. The Morgan fingerprint density at radius 1 is 1.35 bits per heavy atom. The minimum Gasteiger partial charge on any atom is -0.497 e. The van der Waals surface area contributed by atoms with E-state index in [0.717, 1.165) is 24.3 Å². The summed E-state index contributed by atoms with van der Waals surface area (Å²) in [6, 6.07) is 7.97. The van der Waals surface area contributed by atoms with Crippen molar-refractivity contribution in [1.29, 1.82) is 0 Å². The Kier molecular flexibility index (Phi) is 6.50. The number of rotatable bonds is 7. The van der Waals surface area contributed by atoms with Crippen LogP contribution in [0.2, 0.25) is 0 Å². The highest BCUT2D eigenvalue weighted by Gasteiger charge is 1.99. The van der Waals surface area contributed by atoms with E-state index >= 15 is 0 Å². The van der Waals surface area contributed by atoms with Crippen LogP contribution >= 0.6 is 11.8 Å². The summed E-state index contributed by atoms with van der Waals surface area (Å²) in [5, 5.41) is 0. The van der Waals surface area contributed by atoms with Crippen LogP contribution in [0.5, 0.6) is 5.75 Å². The lowest BCUT2D eigenvalue weighted by atomic mass is 10.2. The standard InChI is InChI=1S/C12H18N2O2S/c1-16-10-5-7-11(8-6-10)17-9-3-2-4-12(15)14-13/h5-8H,2-4,9,13H2,1H3,(H,14,15). The molecule has 5 heteroatoms. The molecule has 1 aromatic rings. The van der Waals surface area contributed by atoms with Crippen LogP contribution in [0.25, 0.3) is 0 Å². The Labute approximate surface area is 106 Å². The molecule has 94 valence electrons. The number of ether oxygens (including phenoxy) is 1. The van der Waals surface area contributed by atoms with Crippen molar-refractivity contribution in [2.24, 2.45) is 5.84 Å². The van der Waals surface area contributed by atoms with Crippen LogP contribution in [0.15, 0.2) is 29.2 Å². The Bertz CT molecular complexity index is 341. The van der Waals surface area contributed by atoms with Gasteiger partial charge in [-0.3, -0.25) is 10.2 Å². The van der Waals surface area contributed by atoms with Gasteiger partial charge in [0.15, 0.2) is 0 Å². The molecular formula is C12H18N2O2S. The maximum atomic E-state index is 10.9. The summed E-state index contributed by atoms with van der Waals surface area (Å²) in [6.07, 6.45) is 2.37. The molecule has 1 rings (SSSR count). The number of hydrazine groups is 1. The van der Waals surface area contributed by atoms with Crippen LogP contribution in [0.3, 0.4) is 0 Å². The van der Waals surface area contributed by atoms with Crippen LogP contribution < -0.4 is 16.0 Å². The van der Waals surface area contributed by atoms with E-state index in [2.05, 4.69) is 5.43 Å². The number of benzene rings is 1. The molecular weight excluding hydrogens is 236 g/mol. The fourth-order valence-electron chi connectivity index (χ4n) is 1.32. The fraction of sp³-hybridized carbons (Fsp3) is 0.417. The molecule has 1 aromatic carbocycles. The lowest BCUT2D eigenvalue weighted by molar-refractivity contribution is -0.121. The monoisotopic (exact) mass is 254 g/mol. The molecule has 0 atom stereocenters. The van der Waals surface area contributed by atoms with Gasteiger partial charge >= 0.3 is 0 Å². The molecule has 3 N–H and O–H groups in total. The normalized spacial score (nSPS) is 10.0. The van der Waals surface area contributed by atoms with E-state index in [0.29, 0.717) is 6.42 Å². The van der Waals surface area contributed by atoms with Crippen molar-refractivity contribution in [2.45, 2.75) is 24.2 Å². The minimum atomic E-state index is -0.0977. The predicted molar refractivity (Wildman–Crippen MR) is 69.9 cm³/mol. The second kappa shape index (κ2) is 7.97. The molecule has 17 heavy (non-hydrogen) atoms. The maximum absolute atomic E-state index is 10.9. The fourth-order valence-corrected chi connectivity index (χ4v) is 2.23. The van der Waals surface area contributed by atoms with Gasteiger partial charge < -0.3 is 4.74 Å². The Morgan fingerprint density at radius 2 is 2.06 bits per heavy atom. The summed E-state index contributed by atoms with van der Waals surface area (Å²) in [4.78, 5) is 12.1. The Hall–Kier alpha value is -1.20. The Morgan fingerprint density at radius 3 is 2.65 bits per heavy atom. The smallest absolute Gasteiger partial charge is 0.233 e. The van der Waals surface area contributed by atoms with Gasteiger partial charge in [0, 0.05) is 11.3 Å². The summed E-state index contributed by atoms with van der Waals surface area (Å²) < 4.78 is 5.09. The number of carbonyl (C=O) groups excluding carboxylic acids is 1. The summed E-state index contributed by atoms with van der Waals surface area (Å²) in [5.74, 6) is 6.76. The van der Waals surface area contributed by atoms with E-state index in [9.17, 15) is 4.79 Å². The molecule has 0 aliphatic rings. The van der Waals surface area contributed by atoms with Crippen molar-refractivity contribution in [3.63, 3.8) is 0 Å². The molecule has 0 aliphatic carbocycles. The first kappa shape index (κ1) is 13.9. The van der Waals surface area contributed by atoms with Gasteiger partial charge in [0.25, 0.3) is 0 Å². The largest absolute Gasteiger partial charge is 0.497 e. The number of nitrogens with two attached hydrogens (primary N) is 1. The zero-order valence-electron chi connectivity index (χ0n) is 9.94. The van der Waals surface area contributed by atoms with Crippen LogP contribution in [-0.4, -0.2) is 18.8 Å². The number of unbranched alkanes of at least 4 members (excludes halogenated alkanes) is 1. The van der Waals surface area contributed by atoms with Crippen LogP contribution in [-0.2, 0) is 4.79 Å². The maximum Gasteiger partial charge on any atom is 0.233 e. The van der Waals surface area contributed by atoms with E-state index < -0.39 is 0 Å². The molecule has 0 heterocycles. The van der Waals surface area contributed by atoms with Crippen LogP contribution in [0.4, 0.5) is 0 Å². The number of hydrogen-bond donors (Lipinski definition) is 2. The number of thioether (sulfide) groups is 1. The molecule has 4 nitrogen and oxygen atoms in total. The van der Waals surface area contributed by atoms with Crippen molar-refractivity contribution in [3.8, 4) is 5.75 Å². The van der Waals surface area contributed by atoms with Gasteiger partial charge in [-0.15, -0.1) is 11.8 Å². The third kappa shape index (κ3) is 5.60. The van der Waals surface area contributed by atoms with Crippen molar-refractivity contribution in [3.05, 3.63) is 24.3 Å². The first-order valence-electron chi connectivity index (χ1n) is 5.52. The first-order valence-corrected chi connectivity index (χ1v) is 6.51. The summed E-state index contributed by atoms with van der Waals surface area (Å²) in [5.41, 5.74) is 2.13. The topological polar surface area (TPSA) is 64.3 Å². The van der Waals surface area contributed by atoms with E-state index in [1.54, 1.807) is 18.9 Å². The molecule has 0 radical (unpaired) electrons. The number of methoxy groups -OCH3 is 1. The first-order chi connectivity index (χ1) is 8.26. The molecule has 0 spiro atoms. The lowest BCUT2D eigenvalue weighted by Gasteiger charge is -2.03. The molecule has 1 amide bonds. The van der Waals surface area contributed by atoms with Gasteiger partial charge in [0.1, 0.15) is 5.75 Å². The van der Waals surface area contributed by atoms with E-state index in [1.807, 2.05) is 24.3 Å².